The number of carbonyl (C=O) groups is 2. The van der Waals surface area contributed by atoms with Gasteiger partial charge in [-0.25, -0.2) is 4.79 Å². The van der Waals surface area contributed by atoms with E-state index >= 15 is 0 Å². The van der Waals surface area contributed by atoms with Gasteiger partial charge in [0.05, 0.1) is 30.6 Å². The third-order valence-corrected chi connectivity index (χ3v) is 5.59. The lowest BCUT2D eigenvalue weighted by molar-refractivity contribution is -0.117. The zero-order valence-corrected chi connectivity index (χ0v) is 20.6. The van der Waals surface area contributed by atoms with Crippen LogP contribution in [-0.4, -0.2) is 40.4 Å². The summed E-state index contributed by atoms with van der Waals surface area (Å²) >= 11 is 0. The Labute approximate surface area is 216 Å². The second-order valence-electron chi connectivity index (χ2n) is 8.40. The van der Waals surface area contributed by atoms with E-state index in [1.807, 2.05) is 89.8 Å². The Morgan fingerprint density at radius 2 is 1.32 bits per heavy atom. The predicted octanol–water partition coefficient (Wildman–Crippen LogP) is 5.07. The van der Waals surface area contributed by atoms with E-state index in [2.05, 4.69) is 15.3 Å². The molecule has 0 aliphatic rings. The fraction of sp³-hybridized carbons (Fsp3) is 0.133. The summed E-state index contributed by atoms with van der Waals surface area (Å²) in [6.07, 6.45) is 7.44. The lowest BCUT2D eigenvalue weighted by Crippen LogP contribution is -2.33. The molecule has 0 aliphatic heterocycles. The Hall–Kier alpha value is -4.62. The number of anilines is 1. The van der Waals surface area contributed by atoms with Gasteiger partial charge in [0.25, 0.3) is 0 Å². The number of amides is 1. The largest absolute Gasteiger partial charge is 0.465 e. The van der Waals surface area contributed by atoms with Gasteiger partial charge in [0.15, 0.2) is 0 Å². The number of aromatic nitrogens is 2. The Morgan fingerprint density at radius 1 is 0.784 bits per heavy atom. The molecule has 0 spiro atoms. The molecule has 1 N–H and O–H groups in total. The summed E-state index contributed by atoms with van der Waals surface area (Å²) in [6, 6.07) is 26.3. The monoisotopic (exact) mass is 492 g/mol. The summed E-state index contributed by atoms with van der Waals surface area (Å²) in [6.45, 7) is 1.28. The van der Waals surface area contributed by atoms with Crippen LogP contribution >= 0.6 is 0 Å². The molecule has 37 heavy (non-hydrogen) atoms. The first-order chi connectivity index (χ1) is 18.1. The minimum atomic E-state index is -0.357. The van der Waals surface area contributed by atoms with Crippen LogP contribution in [0.3, 0.4) is 0 Å². The number of nitrogens with zero attached hydrogens (tertiary/aromatic N) is 3. The third-order valence-electron chi connectivity index (χ3n) is 5.59. The molecule has 0 aliphatic carbocycles. The molecule has 7 heteroatoms. The standard InChI is InChI=1S/C30H28N4O3/c1-37-30(36)25-14-10-23(11-15-25)8-9-24-12-16-26(17-13-24)33-29(35)22-34(20-27-6-2-4-18-31-27)21-28-7-3-5-19-32-28/h2-19H,20-22H2,1H3,(H,33,35). The molecule has 4 aromatic rings. The van der Waals surface area contributed by atoms with Gasteiger partial charge in [-0.15, -0.1) is 0 Å². The number of nitrogens with one attached hydrogen (secondary N) is 1. The number of benzene rings is 2. The smallest absolute Gasteiger partial charge is 0.337 e. The minimum Gasteiger partial charge on any atom is -0.465 e. The highest BCUT2D eigenvalue weighted by atomic mass is 16.5. The molecule has 2 aromatic carbocycles. The molecule has 1 amide bonds. The molecule has 0 radical (unpaired) electrons. The van der Waals surface area contributed by atoms with E-state index in [1.54, 1.807) is 24.5 Å². The van der Waals surface area contributed by atoms with Crippen LogP contribution in [0.1, 0.15) is 32.9 Å². The Morgan fingerprint density at radius 3 is 1.81 bits per heavy atom. The summed E-state index contributed by atoms with van der Waals surface area (Å²) in [7, 11) is 1.36. The summed E-state index contributed by atoms with van der Waals surface area (Å²) in [5.41, 5.74) is 4.97. The van der Waals surface area contributed by atoms with Gasteiger partial charge in [-0.05, 0) is 59.7 Å². The Kier molecular flexibility index (Phi) is 8.88. The van der Waals surface area contributed by atoms with Crippen LogP contribution in [0.2, 0.25) is 0 Å². The van der Waals surface area contributed by atoms with Crippen molar-refractivity contribution in [3.05, 3.63) is 125 Å². The lowest BCUT2D eigenvalue weighted by Gasteiger charge is -2.21. The van der Waals surface area contributed by atoms with Crippen LogP contribution in [0, 0.1) is 0 Å². The quantitative estimate of drug-likeness (QED) is 0.246. The van der Waals surface area contributed by atoms with Crippen LogP contribution in [0.4, 0.5) is 5.69 Å². The van der Waals surface area contributed by atoms with Crippen molar-refractivity contribution in [3.63, 3.8) is 0 Å². The second kappa shape index (κ2) is 12.9. The number of esters is 1. The van der Waals surface area contributed by atoms with Gasteiger partial charge in [-0.1, -0.05) is 48.6 Å². The maximum absolute atomic E-state index is 12.9. The summed E-state index contributed by atoms with van der Waals surface area (Å²) in [5, 5.41) is 2.98. The first-order valence-corrected chi connectivity index (χ1v) is 11.9. The number of ether oxygens (including phenoxy) is 1. The van der Waals surface area contributed by atoms with Crippen molar-refractivity contribution in [2.45, 2.75) is 13.1 Å². The third kappa shape index (κ3) is 7.95. The van der Waals surface area contributed by atoms with E-state index in [9.17, 15) is 9.59 Å². The molecule has 2 heterocycles. The van der Waals surface area contributed by atoms with Crippen molar-refractivity contribution in [1.29, 1.82) is 0 Å². The van der Waals surface area contributed by atoms with Crippen molar-refractivity contribution in [3.8, 4) is 0 Å². The van der Waals surface area contributed by atoms with Gasteiger partial charge in [0.2, 0.25) is 5.91 Å². The minimum absolute atomic E-state index is 0.110. The van der Waals surface area contributed by atoms with Crippen LogP contribution in [0.15, 0.2) is 97.3 Å². The zero-order valence-electron chi connectivity index (χ0n) is 20.6. The number of rotatable bonds is 10. The zero-order chi connectivity index (χ0) is 25.9. The molecule has 4 rings (SSSR count). The average molecular weight is 493 g/mol. The van der Waals surface area contributed by atoms with Crippen molar-refractivity contribution in [2.75, 3.05) is 19.0 Å². The van der Waals surface area contributed by atoms with Gasteiger partial charge >= 0.3 is 5.97 Å². The fourth-order valence-corrected chi connectivity index (χ4v) is 3.73. The van der Waals surface area contributed by atoms with Gasteiger partial charge < -0.3 is 10.1 Å². The topological polar surface area (TPSA) is 84.4 Å². The molecule has 0 atom stereocenters. The molecule has 0 saturated carbocycles. The fourth-order valence-electron chi connectivity index (χ4n) is 3.73. The maximum atomic E-state index is 12.9. The van der Waals surface area contributed by atoms with E-state index in [0.29, 0.717) is 18.7 Å². The molecule has 0 unspecified atom stereocenters. The summed E-state index contributed by atoms with van der Waals surface area (Å²) in [5.74, 6) is -0.467. The van der Waals surface area contributed by atoms with Gasteiger partial charge in [-0.2, -0.15) is 0 Å². The number of hydrogen-bond donors (Lipinski definition) is 1. The maximum Gasteiger partial charge on any atom is 0.337 e. The van der Waals surface area contributed by atoms with Crippen LogP contribution in [0.25, 0.3) is 12.2 Å². The van der Waals surface area contributed by atoms with Crippen molar-refractivity contribution in [2.24, 2.45) is 0 Å². The highest BCUT2D eigenvalue weighted by molar-refractivity contribution is 5.92. The Bertz CT molecular complexity index is 1280. The lowest BCUT2D eigenvalue weighted by atomic mass is 10.1. The first kappa shape index (κ1) is 25.5. The van der Waals surface area contributed by atoms with Gasteiger partial charge in [0.1, 0.15) is 0 Å². The molecular formula is C30H28N4O3. The molecule has 0 saturated heterocycles. The van der Waals surface area contributed by atoms with E-state index < -0.39 is 0 Å². The van der Waals surface area contributed by atoms with Gasteiger partial charge in [0, 0.05) is 31.2 Å². The summed E-state index contributed by atoms with van der Waals surface area (Å²) < 4.78 is 4.72. The van der Waals surface area contributed by atoms with Crippen molar-refractivity contribution >= 4 is 29.7 Å². The van der Waals surface area contributed by atoms with Crippen molar-refractivity contribution in [1.82, 2.24) is 14.9 Å². The van der Waals surface area contributed by atoms with E-state index in [1.165, 1.54) is 7.11 Å². The van der Waals surface area contributed by atoms with Crippen molar-refractivity contribution < 1.29 is 14.3 Å². The number of methoxy groups -OCH3 is 1. The van der Waals surface area contributed by atoms with Crippen LogP contribution in [0.5, 0.6) is 0 Å². The second-order valence-corrected chi connectivity index (χ2v) is 8.40. The van der Waals surface area contributed by atoms with Crippen LogP contribution in [-0.2, 0) is 22.6 Å². The number of hydrogen-bond acceptors (Lipinski definition) is 6. The first-order valence-electron chi connectivity index (χ1n) is 11.9. The molecule has 186 valence electrons. The van der Waals surface area contributed by atoms with Crippen LogP contribution < -0.4 is 5.32 Å². The normalized spacial score (nSPS) is 11.0. The molecule has 7 nitrogen and oxygen atoms in total. The van der Waals surface area contributed by atoms with E-state index in [0.717, 1.165) is 28.2 Å². The average Bonchev–Trinajstić information content (AvgIpc) is 2.93. The SMILES string of the molecule is COC(=O)c1ccc(C=Cc2ccc(NC(=O)CN(Cc3ccccn3)Cc3ccccn3)cc2)cc1. The van der Waals surface area contributed by atoms with E-state index in [4.69, 9.17) is 4.74 Å². The highest BCUT2D eigenvalue weighted by Crippen LogP contribution is 2.14. The predicted molar refractivity (Wildman–Crippen MR) is 144 cm³/mol. The Balaban J connectivity index is 1.35. The summed E-state index contributed by atoms with van der Waals surface area (Å²) in [4.78, 5) is 35.2. The molecular weight excluding hydrogens is 464 g/mol. The van der Waals surface area contributed by atoms with Gasteiger partial charge in [-0.3, -0.25) is 19.7 Å². The number of carbonyl (C=O) groups excluding carboxylic acids is 2. The molecule has 0 fully saturated rings. The van der Waals surface area contributed by atoms with E-state index in [-0.39, 0.29) is 18.4 Å². The number of pyridine rings is 2. The molecule has 2 aromatic heterocycles. The molecule has 0 bridgehead atoms. The highest BCUT2D eigenvalue weighted by Gasteiger charge is 2.14.